The monoisotopic (exact) mass is 369 g/mol. The second-order valence-electron chi connectivity index (χ2n) is 5.97. The molecule has 0 saturated carbocycles. The highest BCUT2D eigenvalue weighted by molar-refractivity contribution is 7.86. The van der Waals surface area contributed by atoms with Gasteiger partial charge in [0.2, 0.25) is 0 Å². The van der Waals surface area contributed by atoms with Gasteiger partial charge in [0, 0.05) is 18.4 Å². The maximum Gasteiger partial charge on any atom is 0.264 e. The quantitative estimate of drug-likeness (QED) is 0.338. The van der Waals surface area contributed by atoms with Crippen LogP contribution in [-0.4, -0.2) is 52.4 Å². The van der Waals surface area contributed by atoms with Gasteiger partial charge in [0.15, 0.2) is 6.29 Å². The third-order valence-corrected chi connectivity index (χ3v) is 4.83. The molecule has 9 nitrogen and oxygen atoms in total. The van der Waals surface area contributed by atoms with E-state index in [1.54, 1.807) is 0 Å². The van der Waals surface area contributed by atoms with Crippen LogP contribution >= 0.6 is 0 Å². The molecular formula is C15H19N3O6S. The molecule has 136 valence electrons. The van der Waals surface area contributed by atoms with Crippen LogP contribution in [0, 0.1) is 0 Å². The van der Waals surface area contributed by atoms with Crippen LogP contribution in [0.4, 0.5) is 0 Å². The van der Waals surface area contributed by atoms with Crippen molar-refractivity contribution in [1.29, 1.82) is 0 Å². The average molecular weight is 369 g/mol. The molecule has 0 N–H and O–H groups in total. The molecule has 2 aliphatic heterocycles. The molecule has 2 aliphatic rings. The minimum atomic E-state index is -3.80. The van der Waals surface area contributed by atoms with Crippen molar-refractivity contribution in [2.75, 3.05) is 13.4 Å². The van der Waals surface area contributed by atoms with Crippen LogP contribution in [0.15, 0.2) is 35.4 Å². The molecule has 0 radical (unpaired) electrons. The summed E-state index contributed by atoms with van der Waals surface area (Å²) in [5, 5.41) is 3.62. The Bertz CT molecular complexity index is 752. The van der Waals surface area contributed by atoms with Gasteiger partial charge in [-0.15, -0.1) is 0 Å². The Labute approximate surface area is 145 Å². The summed E-state index contributed by atoms with van der Waals surface area (Å²) in [7, 11) is -2.41. The molecule has 0 bridgehead atoms. The Hall–Kier alpha value is -1.68. The highest BCUT2D eigenvalue weighted by atomic mass is 32.2. The molecule has 1 aromatic rings. The van der Waals surface area contributed by atoms with Crippen LogP contribution in [0.2, 0.25) is 0 Å². The van der Waals surface area contributed by atoms with E-state index in [-0.39, 0.29) is 6.10 Å². The van der Waals surface area contributed by atoms with Gasteiger partial charge in [-0.3, -0.25) is 4.18 Å². The number of benzene rings is 1. The van der Waals surface area contributed by atoms with Crippen molar-refractivity contribution >= 4 is 10.1 Å². The van der Waals surface area contributed by atoms with Gasteiger partial charge in [0.1, 0.15) is 18.2 Å². The van der Waals surface area contributed by atoms with Gasteiger partial charge in [-0.25, -0.2) is 0 Å². The normalized spacial score (nSPS) is 35.0. The lowest BCUT2D eigenvalue weighted by molar-refractivity contribution is -0.234. The maximum atomic E-state index is 11.7. The van der Waals surface area contributed by atoms with Gasteiger partial charge in [-0.05, 0) is 11.1 Å². The van der Waals surface area contributed by atoms with E-state index in [2.05, 4.69) is 10.0 Å². The van der Waals surface area contributed by atoms with Crippen LogP contribution in [0.3, 0.4) is 0 Å². The summed E-state index contributed by atoms with van der Waals surface area (Å²) in [6.45, 7) is 0. The number of hydrogen-bond acceptors (Lipinski definition) is 7. The summed E-state index contributed by atoms with van der Waals surface area (Å²) in [5.74, 6) is 0. The van der Waals surface area contributed by atoms with Gasteiger partial charge in [0.25, 0.3) is 10.1 Å². The van der Waals surface area contributed by atoms with Crippen molar-refractivity contribution < 1.29 is 26.8 Å². The summed E-state index contributed by atoms with van der Waals surface area (Å²) < 4.78 is 45.7. The minimum absolute atomic E-state index is 0.274. The van der Waals surface area contributed by atoms with Crippen LogP contribution in [0.1, 0.15) is 18.1 Å². The summed E-state index contributed by atoms with van der Waals surface area (Å²) >= 11 is 0. The lowest BCUT2D eigenvalue weighted by Crippen LogP contribution is -2.57. The molecule has 6 atom stereocenters. The number of rotatable bonds is 5. The summed E-state index contributed by atoms with van der Waals surface area (Å²) in [6, 6.07) is 8.55. The molecule has 2 saturated heterocycles. The topological polar surface area (TPSA) is 120 Å². The summed E-state index contributed by atoms with van der Waals surface area (Å²) in [6.07, 6.45) is -1.89. The van der Waals surface area contributed by atoms with E-state index < -0.39 is 40.8 Å². The number of nitrogens with zero attached hydrogens (tertiary/aromatic N) is 3. The van der Waals surface area contributed by atoms with Crippen molar-refractivity contribution in [2.45, 2.75) is 43.2 Å². The second kappa shape index (κ2) is 7.28. The molecule has 0 amide bonds. The van der Waals surface area contributed by atoms with Crippen LogP contribution in [-0.2, 0) is 28.5 Å². The Morgan fingerprint density at radius 3 is 2.60 bits per heavy atom. The Balaban J connectivity index is 1.91. The average Bonchev–Trinajstić information content (AvgIpc) is 3.00. The van der Waals surface area contributed by atoms with Crippen LogP contribution < -0.4 is 0 Å². The van der Waals surface area contributed by atoms with Gasteiger partial charge in [-0.2, -0.15) is 8.42 Å². The van der Waals surface area contributed by atoms with Crippen molar-refractivity contribution in [3.8, 4) is 0 Å². The van der Waals surface area contributed by atoms with E-state index in [0.717, 1.165) is 11.8 Å². The van der Waals surface area contributed by atoms with E-state index in [4.69, 9.17) is 23.9 Å². The van der Waals surface area contributed by atoms with Crippen LogP contribution in [0.5, 0.6) is 0 Å². The first-order valence-corrected chi connectivity index (χ1v) is 9.55. The molecule has 10 heteroatoms. The summed E-state index contributed by atoms with van der Waals surface area (Å²) in [5.41, 5.74) is 9.77. The largest absolute Gasteiger partial charge is 0.365 e. The standard InChI is InChI=1S/C15H19N3O6S/c1-21-15-12(17-18-16)14(24-25(2,19)20)13-11(23-15)8-10(22-13)9-6-4-3-5-7-9/h3-7,10-15H,8H2,1-2H3/t10-,11+,12-,13+,14-,15-/m1/s1. The third kappa shape index (κ3) is 3.95. The zero-order valence-corrected chi connectivity index (χ0v) is 14.6. The van der Waals surface area contributed by atoms with Crippen molar-refractivity contribution in [3.63, 3.8) is 0 Å². The SMILES string of the molecule is CO[C@@H]1O[C@H]2C[C@H](c3ccccc3)O[C@@H]2[C@H](OS(C)(=O)=O)[C@H]1N=[N+]=[N-]. The highest BCUT2D eigenvalue weighted by Crippen LogP contribution is 2.42. The number of ether oxygens (including phenoxy) is 3. The molecule has 1 aromatic carbocycles. The van der Waals surface area contributed by atoms with E-state index in [1.807, 2.05) is 30.3 Å². The number of methoxy groups -OCH3 is 1. The predicted octanol–water partition coefficient (Wildman–Crippen LogP) is 1.91. The van der Waals surface area contributed by atoms with E-state index in [0.29, 0.717) is 6.42 Å². The zero-order chi connectivity index (χ0) is 18.0. The van der Waals surface area contributed by atoms with Gasteiger partial charge in [-0.1, -0.05) is 35.4 Å². The number of hydrogen-bond donors (Lipinski definition) is 0. The smallest absolute Gasteiger partial charge is 0.264 e. The first-order valence-electron chi connectivity index (χ1n) is 7.74. The van der Waals surface area contributed by atoms with Crippen molar-refractivity contribution in [3.05, 3.63) is 46.3 Å². The minimum Gasteiger partial charge on any atom is -0.365 e. The lowest BCUT2D eigenvalue weighted by Gasteiger charge is -2.40. The molecule has 0 spiro atoms. The fraction of sp³-hybridized carbons (Fsp3) is 0.600. The lowest BCUT2D eigenvalue weighted by atomic mass is 9.96. The molecule has 0 unspecified atom stereocenters. The van der Waals surface area contributed by atoms with Gasteiger partial charge >= 0.3 is 0 Å². The maximum absolute atomic E-state index is 11.7. The molecule has 2 fully saturated rings. The Kier molecular flexibility index (Phi) is 5.28. The van der Waals surface area contributed by atoms with E-state index in [9.17, 15) is 8.42 Å². The van der Waals surface area contributed by atoms with Gasteiger partial charge in [0.05, 0.1) is 18.5 Å². The first kappa shape index (κ1) is 18.1. The van der Waals surface area contributed by atoms with Crippen molar-refractivity contribution in [1.82, 2.24) is 0 Å². The molecule has 0 aliphatic carbocycles. The Morgan fingerprint density at radius 1 is 1.28 bits per heavy atom. The number of azide groups is 1. The van der Waals surface area contributed by atoms with E-state index in [1.165, 1.54) is 7.11 Å². The molecule has 3 rings (SSSR count). The molecule has 2 heterocycles. The van der Waals surface area contributed by atoms with Gasteiger partial charge < -0.3 is 14.2 Å². The predicted molar refractivity (Wildman–Crippen MR) is 87.0 cm³/mol. The summed E-state index contributed by atoms with van der Waals surface area (Å²) in [4.78, 5) is 2.76. The fourth-order valence-electron chi connectivity index (χ4n) is 3.27. The molecule has 0 aromatic heterocycles. The second-order valence-corrected chi connectivity index (χ2v) is 7.58. The zero-order valence-electron chi connectivity index (χ0n) is 13.8. The molecule has 25 heavy (non-hydrogen) atoms. The Morgan fingerprint density at radius 2 is 2.00 bits per heavy atom. The van der Waals surface area contributed by atoms with E-state index >= 15 is 0 Å². The number of fused-ring (bicyclic) bond motifs is 1. The molecular weight excluding hydrogens is 350 g/mol. The fourth-order valence-corrected chi connectivity index (χ4v) is 3.90. The third-order valence-electron chi connectivity index (χ3n) is 4.26. The van der Waals surface area contributed by atoms with Crippen LogP contribution in [0.25, 0.3) is 10.4 Å². The highest BCUT2D eigenvalue weighted by Gasteiger charge is 2.53. The first-order chi connectivity index (χ1) is 11.9. The van der Waals surface area contributed by atoms with Crippen molar-refractivity contribution in [2.24, 2.45) is 5.11 Å².